The highest BCUT2D eigenvalue weighted by Crippen LogP contribution is 2.27. The Morgan fingerprint density at radius 3 is 2.80 bits per heavy atom. The molecule has 1 aliphatic heterocycles. The van der Waals surface area contributed by atoms with Crippen LogP contribution in [0.15, 0.2) is 59.7 Å². The summed E-state index contributed by atoms with van der Waals surface area (Å²) in [6.45, 7) is 1.03. The van der Waals surface area contributed by atoms with Crippen molar-refractivity contribution in [2.75, 3.05) is 13.1 Å². The number of nitrogens with zero attached hydrogens (tertiary/aromatic N) is 4. The number of imidazole rings is 1. The normalized spacial score (nSPS) is 16.8. The number of pyridine rings is 2. The lowest BCUT2D eigenvalue weighted by atomic mass is 10.1. The first-order valence-corrected chi connectivity index (χ1v) is 10.0. The van der Waals surface area contributed by atoms with Crippen LogP contribution in [-0.4, -0.2) is 43.6 Å². The standard InChI is InChI=1S/C22H21N5O3/c28-21-25-20-17(7-4-12-24-20)27(21)16-9-13-26(14-10-16)22(29)30-18-8-2-1-5-15-6-3-11-23-19(15)18/h1-4,6-8,11-12,16H,5,9-10,13-14H2,(H,24,25,28). The molecule has 0 unspecified atom stereocenters. The summed E-state index contributed by atoms with van der Waals surface area (Å²) in [4.78, 5) is 38.3. The van der Waals surface area contributed by atoms with Crippen molar-refractivity contribution < 1.29 is 9.53 Å². The van der Waals surface area contributed by atoms with Crippen molar-refractivity contribution in [3.05, 3.63) is 76.6 Å². The van der Waals surface area contributed by atoms with Crippen LogP contribution in [0.5, 0.6) is 0 Å². The van der Waals surface area contributed by atoms with Gasteiger partial charge in [0.05, 0.1) is 5.52 Å². The minimum atomic E-state index is -0.389. The van der Waals surface area contributed by atoms with E-state index in [1.807, 2.05) is 36.4 Å². The van der Waals surface area contributed by atoms with Gasteiger partial charge in [0.1, 0.15) is 5.69 Å². The largest absolute Gasteiger partial charge is 0.415 e. The van der Waals surface area contributed by atoms with Crippen molar-refractivity contribution in [2.24, 2.45) is 0 Å². The predicted molar refractivity (Wildman–Crippen MR) is 112 cm³/mol. The molecule has 152 valence electrons. The van der Waals surface area contributed by atoms with E-state index in [0.29, 0.717) is 43.0 Å². The highest BCUT2D eigenvalue weighted by Gasteiger charge is 2.28. The number of carbonyl (C=O) groups excluding carboxylic acids is 1. The summed E-state index contributed by atoms with van der Waals surface area (Å²) < 4.78 is 7.46. The number of piperidine rings is 1. The van der Waals surface area contributed by atoms with Crippen LogP contribution in [-0.2, 0) is 11.2 Å². The number of aromatic nitrogens is 4. The average Bonchev–Trinajstić information content (AvgIpc) is 2.98. The molecule has 2 aliphatic rings. The third-order valence-electron chi connectivity index (χ3n) is 5.62. The Labute approximate surface area is 172 Å². The van der Waals surface area contributed by atoms with Crippen LogP contribution in [0, 0.1) is 0 Å². The van der Waals surface area contributed by atoms with E-state index in [2.05, 4.69) is 15.0 Å². The average molecular weight is 403 g/mol. The van der Waals surface area contributed by atoms with Crippen molar-refractivity contribution in [1.82, 2.24) is 24.4 Å². The van der Waals surface area contributed by atoms with Gasteiger partial charge in [-0.1, -0.05) is 18.2 Å². The summed E-state index contributed by atoms with van der Waals surface area (Å²) in [5.74, 6) is 0.463. The van der Waals surface area contributed by atoms with Gasteiger partial charge in [-0.15, -0.1) is 0 Å². The van der Waals surface area contributed by atoms with Crippen LogP contribution in [0.25, 0.3) is 16.9 Å². The predicted octanol–water partition coefficient (Wildman–Crippen LogP) is 3.05. The van der Waals surface area contributed by atoms with Gasteiger partial charge in [-0.3, -0.25) is 14.5 Å². The van der Waals surface area contributed by atoms with Gasteiger partial charge in [-0.05, 0) is 49.1 Å². The number of rotatable bonds is 2. The van der Waals surface area contributed by atoms with E-state index in [1.165, 1.54) is 0 Å². The van der Waals surface area contributed by atoms with E-state index in [0.717, 1.165) is 17.5 Å². The Morgan fingerprint density at radius 1 is 1.13 bits per heavy atom. The minimum absolute atomic E-state index is 0.0157. The van der Waals surface area contributed by atoms with Gasteiger partial charge < -0.3 is 9.64 Å². The van der Waals surface area contributed by atoms with Crippen LogP contribution in [0.2, 0.25) is 0 Å². The van der Waals surface area contributed by atoms with Gasteiger partial charge in [0.2, 0.25) is 0 Å². The Morgan fingerprint density at radius 2 is 1.93 bits per heavy atom. The fraction of sp³-hybridized carbons (Fsp3) is 0.273. The first-order chi connectivity index (χ1) is 14.7. The maximum absolute atomic E-state index is 12.8. The number of carbonyl (C=O) groups is 1. The molecule has 30 heavy (non-hydrogen) atoms. The highest BCUT2D eigenvalue weighted by atomic mass is 16.6. The molecule has 0 radical (unpaired) electrons. The topological polar surface area (TPSA) is 93.1 Å². The fourth-order valence-corrected chi connectivity index (χ4v) is 4.12. The monoisotopic (exact) mass is 403 g/mol. The van der Waals surface area contributed by atoms with E-state index in [-0.39, 0.29) is 17.8 Å². The van der Waals surface area contributed by atoms with Gasteiger partial charge >= 0.3 is 11.8 Å². The number of H-pyrrole nitrogens is 1. The van der Waals surface area contributed by atoms with E-state index < -0.39 is 0 Å². The van der Waals surface area contributed by atoms with E-state index in [4.69, 9.17) is 4.74 Å². The van der Waals surface area contributed by atoms with Crippen molar-refractivity contribution in [3.63, 3.8) is 0 Å². The van der Waals surface area contributed by atoms with Crippen LogP contribution >= 0.6 is 0 Å². The lowest BCUT2D eigenvalue weighted by Gasteiger charge is -2.32. The molecule has 0 saturated carbocycles. The molecular formula is C22H21N5O3. The van der Waals surface area contributed by atoms with Gasteiger partial charge in [0, 0.05) is 31.5 Å². The molecule has 0 bridgehead atoms. The molecule has 8 nitrogen and oxygen atoms in total. The molecule has 1 amide bonds. The lowest BCUT2D eigenvalue weighted by Crippen LogP contribution is -2.40. The molecule has 1 fully saturated rings. The quantitative estimate of drug-likeness (QED) is 0.710. The zero-order chi connectivity index (χ0) is 20.5. The molecule has 0 atom stereocenters. The van der Waals surface area contributed by atoms with E-state index >= 15 is 0 Å². The Hall–Kier alpha value is -3.68. The second-order valence-electron chi connectivity index (χ2n) is 7.43. The maximum atomic E-state index is 12.8. The van der Waals surface area contributed by atoms with Crippen molar-refractivity contribution >= 4 is 23.0 Å². The van der Waals surface area contributed by atoms with Gasteiger partial charge in [0.15, 0.2) is 11.4 Å². The Balaban J connectivity index is 1.29. The molecule has 0 spiro atoms. The number of hydrogen-bond acceptors (Lipinski definition) is 5. The molecule has 1 aliphatic carbocycles. The number of likely N-dealkylation sites (tertiary alicyclic amines) is 1. The number of amides is 1. The minimum Gasteiger partial charge on any atom is -0.408 e. The molecule has 1 saturated heterocycles. The number of aromatic amines is 1. The first kappa shape index (κ1) is 18.4. The summed E-state index contributed by atoms with van der Waals surface area (Å²) in [5, 5.41) is 0. The number of ether oxygens (including phenoxy) is 1. The lowest BCUT2D eigenvalue weighted by molar-refractivity contribution is 0.124. The van der Waals surface area contributed by atoms with Crippen molar-refractivity contribution in [2.45, 2.75) is 25.3 Å². The molecule has 4 heterocycles. The van der Waals surface area contributed by atoms with Crippen molar-refractivity contribution in [3.8, 4) is 0 Å². The Kier molecular flexibility index (Phi) is 4.66. The molecule has 3 aromatic rings. The maximum Gasteiger partial charge on any atom is 0.415 e. The highest BCUT2D eigenvalue weighted by molar-refractivity contribution is 5.78. The molecule has 3 aromatic heterocycles. The second-order valence-corrected chi connectivity index (χ2v) is 7.43. The number of nitrogens with one attached hydrogen (secondary N) is 1. The van der Waals surface area contributed by atoms with Crippen LogP contribution < -0.4 is 5.69 Å². The van der Waals surface area contributed by atoms with Gasteiger partial charge in [-0.2, -0.15) is 0 Å². The zero-order valence-electron chi connectivity index (χ0n) is 16.3. The molecule has 8 heteroatoms. The first-order valence-electron chi connectivity index (χ1n) is 10.0. The third kappa shape index (κ3) is 3.30. The van der Waals surface area contributed by atoms with Gasteiger partial charge in [0.25, 0.3) is 0 Å². The summed E-state index contributed by atoms with van der Waals surface area (Å²) in [5.41, 5.74) is 2.94. The van der Waals surface area contributed by atoms with E-state index in [9.17, 15) is 9.59 Å². The fourth-order valence-electron chi connectivity index (χ4n) is 4.12. The molecule has 5 rings (SSSR count). The molecule has 1 N–H and O–H groups in total. The summed E-state index contributed by atoms with van der Waals surface area (Å²) in [6.07, 6.45) is 10.7. The summed E-state index contributed by atoms with van der Waals surface area (Å²) in [6, 6.07) is 7.59. The van der Waals surface area contributed by atoms with Gasteiger partial charge in [-0.25, -0.2) is 14.6 Å². The SMILES string of the molecule is O=C(OC1=CC=CCc2cccnc21)N1CCC(n2c(=O)[nH]c3ncccc32)CC1. The number of hydrogen-bond donors (Lipinski definition) is 1. The number of allylic oxidation sites excluding steroid dienone is 3. The molecular weight excluding hydrogens is 382 g/mol. The summed E-state index contributed by atoms with van der Waals surface area (Å²) >= 11 is 0. The molecule has 0 aromatic carbocycles. The van der Waals surface area contributed by atoms with Crippen LogP contribution in [0.1, 0.15) is 30.1 Å². The third-order valence-corrected chi connectivity index (χ3v) is 5.62. The second kappa shape index (κ2) is 7.62. The van der Waals surface area contributed by atoms with Crippen LogP contribution in [0.4, 0.5) is 4.79 Å². The van der Waals surface area contributed by atoms with Crippen molar-refractivity contribution in [1.29, 1.82) is 0 Å². The smallest absolute Gasteiger partial charge is 0.408 e. The van der Waals surface area contributed by atoms with Crippen LogP contribution in [0.3, 0.4) is 0 Å². The summed E-state index contributed by atoms with van der Waals surface area (Å²) in [7, 11) is 0. The number of fused-ring (bicyclic) bond motifs is 2. The zero-order valence-corrected chi connectivity index (χ0v) is 16.3. The Bertz CT molecular complexity index is 1210. The van der Waals surface area contributed by atoms with E-state index in [1.54, 1.807) is 27.9 Å².